The summed E-state index contributed by atoms with van der Waals surface area (Å²) in [7, 11) is 0. The van der Waals surface area contributed by atoms with Crippen LogP contribution >= 0.6 is 15.9 Å². The molecule has 0 saturated heterocycles. The van der Waals surface area contributed by atoms with E-state index in [0.717, 1.165) is 5.56 Å². The van der Waals surface area contributed by atoms with E-state index in [0.29, 0.717) is 40.9 Å². The number of hydrogen-bond donors (Lipinski definition) is 2. The topological polar surface area (TPSA) is 75.4 Å². The van der Waals surface area contributed by atoms with Crippen LogP contribution in [-0.4, -0.2) is 29.8 Å². The SMILES string of the molecule is CC(C)(CN)CN(Cc1ccc(NC(=O)c2ccccc2Br)cc1)C(=O)c1cccc(F)c1. The van der Waals surface area contributed by atoms with E-state index in [1.54, 1.807) is 35.2 Å². The number of hydrogen-bond acceptors (Lipinski definition) is 3. The zero-order valence-electron chi connectivity index (χ0n) is 18.6. The van der Waals surface area contributed by atoms with E-state index in [1.165, 1.54) is 18.2 Å². The number of rotatable bonds is 8. The smallest absolute Gasteiger partial charge is 0.256 e. The first-order valence-electron chi connectivity index (χ1n) is 10.6. The maximum atomic E-state index is 13.7. The van der Waals surface area contributed by atoms with Gasteiger partial charge in [0.25, 0.3) is 11.8 Å². The van der Waals surface area contributed by atoms with Gasteiger partial charge < -0.3 is 16.0 Å². The lowest BCUT2D eigenvalue weighted by Crippen LogP contribution is -2.41. The van der Waals surface area contributed by atoms with Gasteiger partial charge in [-0.25, -0.2) is 4.39 Å². The lowest BCUT2D eigenvalue weighted by molar-refractivity contribution is 0.0672. The van der Waals surface area contributed by atoms with Crippen molar-refractivity contribution in [3.05, 3.63) is 99.8 Å². The van der Waals surface area contributed by atoms with Crippen molar-refractivity contribution in [3.8, 4) is 0 Å². The third-order valence-corrected chi connectivity index (χ3v) is 5.93. The van der Waals surface area contributed by atoms with Gasteiger partial charge in [0.05, 0.1) is 5.56 Å². The first kappa shape index (κ1) is 24.6. The van der Waals surface area contributed by atoms with Gasteiger partial charge >= 0.3 is 0 Å². The molecule has 0 radical (unpaired) electrons. The molecule has 5 nitrogen and oxygen atoms in total. The van der Waals surface area contributed by atoms with Crippen LogP contribution in [-0.2, 0) is 6.54 Å². The molecule has 0 bridgehead atoms. The van der Waals surface area contributed by atoms with E-state index in [2.05, 4.69) is 21.2 Å². The molecule has 172 valence electrons. The molecule has 0 aliphatic rings. The van der Waals surface area contributed by atoms with E-state index in [1.807, 2.05) is 38.1 Å². The molecule has 3 N–H and O–H groups in total. The number of nitrogens with one attached hydrogen (secondary N) is 1. The van der Waals surface area contributed by atoms with Crippen LogP contribution in [0.15, 0.2) is 77.3 Å². The van der Waals surface area contributed by atoms with Crippen molar-refractivity contribution in [1.82, 2.24) is 4.90 Å². The number of amides is 2. The number of benzene rings is 3. The molecule has 0 fully saturated rings. The summed E-state index contributed by atoms with van der Waals surface area (Å²) in [5.74, 6) is -0.936. The van der Waals surface area contributed by atoms with Gasteiger partial charge in [-0.3, -0.25) is 9.59 Å². The highest BCUT2D eigenvalue weighted by atomic mass is 79.9. The number of carbonyl (C=O) groups excluding carboxylic acids is 2. The van der Waals surface area contributed by atoms with E-state index in [-0.39, 0.29) is 17.2 Å². The highest BCUT2D eigenvalue weighted by Crippen LogP contribution is 2.22. The lowest BCUT2D eigenvalue weighted by Gasteiger charge is -2.32. The molecule has 33 heavy (non-hydrogen) atoms. The number of nitrogens with two attached hydrogens (primary N) is 1. The molecule has 0 spiro atoms. The summed E-state index contributed by atoms with van der Waals surface area (Å²) >= 11 is 3.39. The van der Waals surface area contributed by atoms with Crippen LogP contribution in [0.2, 0.25) is 0 Å². The Balaban J connectivity index is 1.76. The van der Waals surface area contributed by atoms with Crippen LogP contribution < -0.4 is 11.1 Å². The maximum Gasteiger partial charge on any atom is 0.256 e. The van der Waals surface area contributed by atoms with Crippen molar-refractivity contribution in [2.24, 2.45) is 11.1 Å². The highest BCUT2D eigenvalue weighted by molar-refractivity contribution is 9.10. The molecule has 3 rings (SSSR count). The summed E-state index contributed by atoms with van der Waals surface area (Å²) in [6, 6.07) is 20.2. The maximum absolute atomic E-state index is 13.7. The molecular weight excluding hydrogens is 485 g/mol. The van der Waals surface area contributed by atoms with Crippen LogP contribution in [0, 0.1) is 11.2 Å². The molecule has 0 saturated carbocycles. The normalized spacial score (nSPS) is 11.2. The fraction of sp³-hybridized carbons (Fsp3) is 0.231. The Hall–Kier alpha value is -3.03. The van der Waals surface area contributed by atoms with Crippen molar-refractivity contribution in [3.63, 3.8) is 0 Å². The Morgan fingerprint density at radius 1 is 1.03 bits per heavy atom. The van der Waals surface area contributed by atoms with Gasteiger partial charge in [-0.05, 0) is 75.9 Å². The predicted molar refractivity (Wildman–Crippen MR) is 133 cm³/mol. The summed E-state index contributed by atoms with van der Waals surface area (Å²) in [6.45, 7) is 5.12. The molecule has 3 aromatic carbocycles. The van der Waals surface area contributed by atoms with Crippen molar-refractivity contribution in [1.29, 1.82) is 0 Å². The molecule has 0 atom stereocenters. The van der Waals surface area contributed by atoms with Gasteiger partial charge in [0.1, 0.15) is 5.82 Å². The zero-order valence-corrected chi connectivity index (χ0v) is 20.2. The number of carbonyl (C=O) groups is 2. The molecule has 0 heterocycles. The molecule has 0 unspecified atom stereocenters. The van der Waals surface area contributed by atoms with Crippen molar-refractivity contribution < 1.29 is 14.0 Å². The van der Waals surface area contributed by atoms with Gasteiger partial charge in [-0.15, -0.1) is 0 Å². The van der Waals surface area contributed by atoms with Gasteiger partial charge in [-0.1, -0.05) is 44.2 Å². The minimum atomic E-state index is -0.455. The Labute approximate surface area is 201 Å². The number of nitrogens with zero attached hydrogens (tertiary/aromatic N) is 1. The molecule has 2 amide bonds. The summed E-state index contributed by atoms with van der Waals surface area (Å²) in [5.41, 5.74) is 7.94. The fourth-order valence-corrected chi connectivity index (χ4v) is 3.81. The van der Waals surface area contributed by atoms with Crippen LogP contribution in [0.5, 0.6) is 0 Å². The predicted octanol–water partition coefficient (Wildman–Crippen LogP) is 5.47. The van der Waals surface area contributed by atoms with Gasteiger partial charge in [-0.2, -0.15) is 0 Å². The van der Waals surface area contributed by atoms with E-state index in [9.17, 15) is 14.0 Å². The second-order valence-electron chi connectivity index (χ2n) is 8.67. The van der Waals surface area contributed by atoms with E-state index >= 15 is 0 Å². The second-order valence-corrected chi connectivity index (χ2v) is 9.53. The van der Waals surface area contributed by atoms with E-state index < -0.39 is 5.82 Å². The van der Waals surface area contributed by atoms with Crippen LogP contribution in [0.3, 0.4) is 0 Å². The summed E-state index contributed by atoms with van der Waals surface area (Å²) in [4.78, 5) is 27.4. The average molecular weight is 512 g/mol. The van der Waals surface area contributed by atoms with Crippen LogP contribution in [0.1, 0.15) is 40.1 Å². The summed E-state index contributed by atoms with van der Waals surface area (Å²) < 4.78 is 14.4. The number of halogens is 2. The van der Waals surface area contributed by atoms with Crippen molar-refractivity contribution in [2.45, 2.75) is 20.4 Å². The third-order valence-electron chi connectivity index (χ3n) is 5.23. The largest absolute Gasteiger partial charge is 0.334 e. The molecule has 3 aromatic rings. The molecule has 0 aliphatic heterocycles. The minimum Gasteiger partial charge on any atom is -0.334 e. The highest BCUT2D eigenvalue weighted by Gasteiger charge is 2.25. The Kier molecular flexibility index (Phi) is 8.00. The van der Waals surface area contributed by atoms with Gasteiger partial charge in [0.15, 0.2) is 0 Å². The van der Waals surface area contributed by atoms with Crippen molar-refractivity contribution >= 4 is 33.4 Å². The van der Waals surface area contributed by atoms with Gasteiger partial charge in [0.2, 0.25) is 0 Å². The fourth-order valence-electron chi connectivity index (χ4n) is 3.34. The van der Waals surface area contributed by atoms with E-state index in [4.69, 9.17) is 5.73 Å². The average Bonchev–Trinajstić information content (AvgIpc) is 2.79. The molecular formula is C26H27BrFN3O2. The zero-order chi connectivity index (χ0) is 24.0. The first-order chi connectivity index (χ1) is 15.7. The van der Waals surface area contributed by atoms with Crippen molar-refractivity contribution in [2.75, 3.05) is 18.4 Å². The monoisotopic (exact) mass is 511 g/mol. The number of anilines is 1. The first-order valence-corrected chi connectivity index (χ1v) is 11.4. The third kappa shape index (κ3) is 6.73. The molecule has 0 aliphatic carbocycles. The standard InChI is InChI=1S/C26H27BrFN3O2/c1-26(2,16-29)17-31(25(33)19-6-5-7-20(28)14-19)15-18-10-12-21(13-11-18)30-24(32)22-8-3-4-9-23(22)27/h3-14H,15-17,29H2,1-2H3,(H,30,32). The summed E-state index contributed by atoms with van der Waals surface area (Å²) in [5, 5.41) is 2.87. The van der Waals surface area contributed by atoms with Crippen LogP contribution in [0.4, 0.5) is 10.1 Å². The molecule has 0 aromatic heterocycles. The Bertz CT molecular complexity index is 1130. The lowest BCUT2D eigenvalue weighted by atomic mass is 9.92. The molecule has 7 heteroatoms. The minimum absolute atomic E-state index is 0.220. The Morgan fingerprint density at radius 3 is 2.36 bits per heavy atom. The Morgan fingerprint density at radius 2 is 1.73 bits per heavy atom. The quantitative estimate of drug-likeness (QED) is 0.421. The second kappa shape index (κ2) is 10.7. The summed E-state index contributed by atoms with van der Waals surface area (Å²) in [6.07, 6.45) is 0. The van der Waals surface area contributed by atoms with Crippen LogP contribution in [0.25, 0.3) is 0 Å². The van der Waals surface area contributed by atoms with Gasteiger partial charge in [0, 0.05) is 28.8 Å².